The summed E-state index contributed by atoms with van der Waals surface area (Å²) in [5, 5.41) is 2.72. The fraction of sp³-hybridized carbons (Fsp3) is 0.571. The Labute approximate surface area is 172 Å². The molecule has 0 spiro atoms. The van der Waals surface area contributed by atoms with Crippen molar-refractivity contribution < 1.29 is 19.1 Å². The highest BCUT2D eigenvalue weighted by atomic mass is 32.2. The SMILES string of the molecule is CC(=O)SCCN(CCc1ccc(C)cc1)C(=O)N[C@@H](C)C(=O)OC(C)(C)C. The minimum Gasteiger partial charge on any atom is -0.458 e. The van der Waals surface area contributed by atoms with Gasteiger partial charge in [0.2, 0.25) is 0 Å². The van der Waals surface area contributed by atoms with E-state index in [9.17, 15) is 14.4 Å². The lowest BCUT2D eigenvalue weighted by molar-refractivity contribution is -0.156. The number of amides is 2. The van der Waals surface area contributed by atoms with Crippen LogP contribution in [0, 0.1) is 6.92 Å². The number of hydrogen-bond donors (Lipinski definition) is 1. The Balaban J connectivity index is 2.70. The molecule has 1 N–H and O–H groups in total. The number of nitrogens with one attached hydrogen (secondary N) is 1. The van der Waals surface area contributed by atoms with Gasteiger partial charge in [-0.3, -0.25) is 4.79 Å². The number of hydrogen-bond acceptors (Lipinski definition) is 5. The molecule has 6 nitrogen and oxygen atoms in total. The minimum absolute atomic E-state index is 0.0148. The molecule has 1 rings (SSSR count). The van der Waals surface area contributed by atoms with Crippen LogP contribution in [0.15, 0.2) is 24.3 Å². The van der Waals surface area contributed by atoms with E-state index in [0.29, 0.717) is 25.3 Å². The lowest BCUT2D eigenvalue weighted by Crippen LogP contribution is -2.49. The third-order valence-corrected chi connectivity index (χ3v) is 4.64. The Morgan fingerprint density at radius 1 is 1.14 bits per heavy atom. The number of carbonyl (C=O) groups excluding carboxylic acids is 3. The predicted molar refractivity (Wildman–Crippen MR) is 113 cm³/mol. The minimum atomic E-state index is -0.755. The molecule has 0 bridgehead atoms. The van der Waals surface area contributed by atoms with Crippen molar-refractivity contribution in [3.63, 3.8) is 0 Å². The van der Waals surface area contributed by atoms with Gasteiger partial charge in [-0.1, -0.05) is 41.6 Å². The topological polar surface area (TPSA) is 75.7 Å². The summed E-state index contributed by atoms with van der Waals surface area (Å²) in [5.74, 6) is 0.0368. The lowest BCUT2D eigenvalue weighted by Gasteiger charge is -2.26. The maximum atomic E-state index is 12.7. The summed E-state index contributed by atoms with van der Waals surface area (Å²) in [6.45, 7) is 11.4. The number of thioether (sulfide) groups is 1. The van der Waals surface area contributed by atoms with Crippen LogP contribution in [0.1, 0.15) is 45.7 Å². The Kier molecular flexibility index (Phi) is 9.52. The van der Waals surface area contributed by atoms with Gasteiger partial charge in [0.1, 0.15) is 11.6 Å². The van der Waals surface area contributed by atoms with Gasteiger partial charge >= 0.3 is 12.0 Å². The first-order valence-electron chi connectivity index (χ1n) is 9.45. The molecule has 1 aromatic carbocycles. The molecule has 0 aliphatic rings. The largest absolute Gasteiger partial charge is 0.458 e. The second kappa shape index (κ2) is 11.1. The molecule has 0 unspecified atom stereocenters. The van der Waals surface area contributed by atoms with E-state index in [1.54, 1.807) is 32.6 Å². The fourth-order valence-corrected chi connectivity index (χ4v) is 2.96. The first-order valence-corrected chi connectivity index (χ1v) is 10.4. The summed E-state index contributed by atoms with van der Waals surface area (Å²) in [4.78, 5) is 37.6. The quantitative estimate of drug-likeness (QED) is 0.666. The van der Waals surface area contributed by atoms with Crippen LogP contribution in [0.4, 0.5) is 4.79 Å². The zero-order chi connectivity index (χ0) is 21.3. The Morgan fingerprint density at radius 2 is 1.75 bits per heavy atom. The van der Waals surface area contributed by atoms with E-state index < -0.39 is 17.6 Å². The third kappa shape index (κ3) is 9.78. The van der Waals surface area contributed by atoms with E-state index in [4.69, 9.17) is 4.74 Å². The van der Waals surface area contributed by atoms with Crippen LogP contribution in [0.2, 0.25) is 0 Å². The predicted octanol–water partition coefficient (Wildman–Crippen LogP) is 3.56. The number of benzene rings is 1. The monoisotopic (exact) mass is 408 g/mol. The van der Waals surface area contributed by atoms with E-state index in [-0.39, 0.29) is 11.1 Å². The van der Waals surface area contributed by atoms with Crippen LogP contribution in [-0.2, 0) is 20.7 Å². The molecule has 7 heteroatoms. The van der Waals surface area contributed by atoms with Gasteiger partial charge in [0.05, 0.1) is 0 Å². The van der Waals surface area contributed by atoms with Gasteiger partial charge < -0.3 is 15.0 Å². The van der Waals surface area contributed by atoms with Gasteiger partial charge in [0.25, 0.3) is 0 Å². The Hall–Kier alpha value is -2.02. The Morgan fingerprint density at radius 3 is 2.29 bits per heavy atom. The molecule has 0 fully saturated rings. The number of ether oxygens (including phenoxy) is 1. The van der Waals surface area contributed by atoms with Crippen LogP contribution in [0.5, 0.6) is 0 Å². The van der Waals surface area contributed by atoms with Crippen molar-refractivity contribution in [2.45, 2.75) is 59.6 Å². The number of aryl methyl sites for hydroxylation is 1. The van der Waals surface area contributed by atoms with Gasteiger partial charge in [-0.2, -0.15) is 0 Å². The van der Waals surface area contributed by atoms with E-state index in [0.717, 1.165) is 5.56 Å². The van der Waals surface area contributed by atoms with Crippen LogP contribution >= 0.6 is 11.8 Å². The molecule has 0 heterocycles. The van der Waals surface area contributed by atoms with Gasteiger partial charge in [0, 0.05) is 25.8 Å². The number of rotatable bonds is 8. The maximum absolute atomic E-state index is 12.7. The van der Waals surface area contributed by atoms with Crippen molar-refractivity contribution in [1.29, 1.82) is 0 Å². The summed E-state index contributed by atoms with van der Waals surface area (Å²) < 4.78 is 5.31. The molecule has 0 radical (unpaired) electrons. The van der Waals surface area contributed by atoms with Crippen LogP contribution in [0.25, 0.3) is 0 Å². The third-order valence-electron chi connectivity index (χ3n) is 3.85. The molecular formula is C21H32N2O4S. The molecule has 1 aromatic rings. The van der Waals surface area contributed by atoms with E-state index in [1.807, 2.05) is 31.2 Å². The summed E-state index contributed by atoms with van der Waals surface area (Å²) in [5.41, 5.74) is 1.70. The van der Waals surface area contributed by atoms with Gasteiger partial charge in [-0.05, 0) is 46.6 Å². The van der Waals surface area contributed by atoms with Crippen molar-refractivity contribution in [3.05, 3.63) is 35.4 Å². The maximum Gasteiger partial charge on any atom is 0.328 e. The number of nitrogens with zero attached hydrogens (tertiary/aromatic N) is 1. The second-order valence-corrected chi connectivity index (χ2v) is 9.04. The van der Waals surface area contributed by atoms with Crippen molar-refractivity contribution in [3.8, 4) is 0 Å². The smallest absolute Gasteiger partial charge is 0.328 e. The summed E-state index contributed by atoms with van der Waals surface area (Å²) >= 11 is 1.18. The van der Waals surface area contributed by atoms with E-state index >= 15 is 0 Å². The van der Waals surface area contributed by atoms with E-state index in [1.165, 1.54) is 24.2 Å². The van der Waals surface area contributed by atoms with Crippen molar-refractivity contribution in [2.24, 2.45) is 0 Å². The van der Waals surface area contributed by atoms with Crippen LogP contribution in [-0.4, -0.2) is 52.5 Å². The number of carbonyl (C=O) groups is 3. The normalized spacial score (nSPS) is 12.2. The zero-order valence-electron chi connectivity index (χ0n) is 17.7. The number of urea groups is 1. The molecule has 1 atom stereocenters. The van der Waals surface area contributed by atoms with E-state index in [2.05, 4.69) is 5.32 Å². The second-order valence-electron chi connectivity index (χ2n) is 7.77. The highest BCUT2D eigenvalue weighted by Gasteiger charge is 2.24. The fourth-order valence-electron chi connectivity index (χ4n) is 2.36. The van der Waals surface area contributed by atoms with Crippen molar-refractivity contribution in [2.75, 3.05) is 18.8 Å². The van der Waals surface area contributed by atoms with Crippen molar-refractivity contribution in [1.82, 2.24) is 10.2 Å². The molecule has 28 heavy (non-hydrogen) atoms. The molecule has 0 aliphatic heterocycles. The molecule has 0 saturated heterocycles. The first-order chi connectivity index (χ1) is 13.0. The summed E-state index contributed by atoms with van der Waals surface area (Å²) in [7, 11) is 0. The van der Waals surface area contributed by atoms with Crippen LogP contribution < -0.4 is 5.32 Å². The molecule has 0 aromatic heterocycles. The molecule has 0 saturated carbocycles. The highest BCUT2D eigenvalue weighted by Crippen LogP contribution is 2.10. The van der Waals surface area contributed by atoms with Crippen molar-refractivity contribution >= 4 is 28.9 Å². The average Bonchev–Trinajstić information content (AvgIpc) is 2.57. The molecule has 0 aliphatic carbocycles. The van der Waals surface area contributed by atoms with Gasteiger partial charge in [-0.15, -0.1) is 0 Å². The average molecular weight is 409 g/mol. The van der Waals surface area contributed by atoms with Gasteiger partial charge in [-0.25, -0.2) is 9.59 Å². The molecular weight excluding hydrogens is 376 g/mol. The first kappa shape index (κ1) is 24.0. The Bertz CT molecular complexity index is 668. The highest BCUT2D eigenvalue weighted by molar-refractivity contribution is 8.13. The molecule has 2 amide bonds. The molecule has 156 valence electrons. The zero-order valence-corrected chi connectivity index (χ0v) is 18.5. The van der Waals surface area contributed by atoms with Crippen LogP contribution in [0.3, 0.4) is 0 Å². The standard InChI is InChI=1S/C21H32N2O4S/c1-15-7-9-18(10-8-15)11-12-23(13-14-28-17(3)24)20(26)22-16(2)19(25)27-21(4,5)6/h7-10,16H,11-14H2,1-6H3,(H,22,26)/t16-/m0/s1. The lowest BCUT2D eigenvalue weighted by atomic mass is 10.1. The summed E-state index contributed by atoms with van der Waals surface area (Å²) in [6.07, 6.45) is 0.694. The number of esters is 1. The summed E-state index contributed by atoms with van der Waals surface area (Å²) in [6, 6.07) is 7.06. The van der Waals surface area contributed by atoms with Gasteiger partial charge in [0.15, 0.2) is 5.12 Å².